The Balaban J connectivity index is 2.71. The molecule has 0 radical (unpaired) electrons. The number of anilines is 1. The van der Waals surface area contributed by atoms with Crippen LogP contribution in [0.1, 0.15) is 19.4 Å². The van der Waals surface area contributed by atoms with Crippen LogP contribution in [0.25, 0.3) is 10.8 Å². The third-order valence-corrected chi connectivity index (χ3v) is 3.39. The van der Waals surface area contributed by atoms with Crippen molar-refractivity contribution in [1.82, 2.24) is 0 Å². The van der Waals surface area contributed by atoms with E-state index >= 15 is 0 Å². The van der Waals surface area contributed by atoms with Crippen molar-refractivity contribution in [1.29, 1.82) is 0 Å². The van der Waals surface area contributed by atoms with E-state index in [2.05, 4.69) is 30.0 Å². The van der Waals surface area contributed by atoms with Crippen LogP contribution in [-0.2, 0) is 0 Å². The normalized spacial score (nSPS) is 11.8. The quantitative estimate of drug-likeness (QED) is 0.383. The molecule has 3 N–H and O–H groups in total. The van der Waals surface area contributed by atoms with Gasteiger partial charge in [-0.2, -0.15) is 0 Å². The highest BCUT2D eigenvalue weighted by molar-refractivity contribution is 6.11. The number of nitrogens with zero attached hydrogens (tertiary/aromatic N) is 2. The molecular formula is C15H19N3O. The van der Waals surface area contributed by atoms with Gasteiger partial charge in [0.1, 0.15) is 0 Å². The van der Waals surface area contributed by atoms with Crippen LogP contribution in [0, 0.1) is 0 Å². The number of fused-ring (bicyclic) bond motifs is 1. The number of hydrogen-bond donors (Lipinski definition) is 2. The van der Waals surface area contributed by atoms with Gasteiger partial charge >= 0.3 is 0 Å². The van der Waals surface area contributed by atoms with Crippen LogP contribution in [0.3, 0.4) is 0 Å². The molecule has 0 aliphatic rings. The van der Waals surface area contributed by atoms with Gasteiger partial charge in [0.25, 0.3) is 0 Å². The molecule has 0 fully saturated rings. The van der Waals surface area contributed by atoms with Crippen LogP contribution >= 0.6 is 0 Å². The number of amidine groups is 1. The number of nitrogens with two attached hydrogens (primary N) is 1. The number of oxime groups is 1. The average molecular weight is 257 g/mol. The number of hydrogen-bond acceptors (Lipinski definition) is 3. The van der Waals surface area contributed by atoms with Gasteiger partial charge < -0.3 is 15.8 Å². The number of rotatable bonds is 4. The molecule has 0 aromatic heterocycles. The van der Waals surface area contributed by atoms with E-state index in [4.69, 9.17) is 10.9 Å². The van der Waals surface area contributed by atoms with Crippen molar-refractivity contribution in [2.24, 2.45) is 10.9 Å². The second-order valence-corrected chi connectivity index (χ2v) is 4.34. The summed E-state index contributed by atoms with van der Waals surface area (Å²) in [6.07, 6.45) is 0. The zero-order valence-corrected chi connectivity index (χ0v) is 11.3. The van der Waals surface area contributed by atoms with E-state index in [0.717, 1.165) is 29.4 Å². The Morgan fingerprint density at radius 1 is 1.11 bits per heavy atom. The average Bonchev–Trinajstić information content (AvgIpc) is 2.47. The van der Waals surface area contributed by atoms with Crippen LogP contribution in [0.2, 0.25) is 0 Å². The lowest BCUT2D eigenvalue weighted by molar-refractivity contribution is 0.318. The molecule has 0 aliphatic heterocycles. The Labute approximate surface area is 113 Å². The SMILES string of the molecule is CCN(CC)c1ccc(/C(N)=N/O)c2ccccc12. The maximum atomic E-state index is 8.87. The van der Waals surface area contributed by atoms with Gasteiger partial charge in [-0.1, -0.05) is 29.4 Å². The fourth-order valence-corrected chi connectivity index (χ4v) is 2.40. The predicted molar refractivity (Wildman–Crippen MR) is 80.0 cm³/mol. The van der Waals surface area contributed by atoms with E-state index in [1.807, 2.05) is 30.3 Å². The number of benzene rings is 2. The van der Waals surface area contributed by atoms with Gasteiger partial charge in [-0.15, -0.1) is 0 Å². The lowest BCUT2D eigenvalue weighted by Crippen LogP contribution is -2.22. The summed E-state index contributed by atoms with van der Waals surface area (Å²) < 4.78 is 0. The van der Waals surface area contributed by atoms with Crippen LogP contribution in [-0.4, -0.2) is 24.1 Å². The maximum Gasteiger partial charge on any atom is 0.170 e. The second-order valence-electron chi connectivity index (χ2n) is 4.34. The minimum Gasteiger partial charge on any atom is -0.409 e. The molecule has 19 heavy (non-hydrogen) atoms. The van der Waals surface area contributed by atoms with E-state index < -0.39 is 0 Å². The molecule has 0 saturated carbocycles. The monoisotopic (exact) mass is 257 g/mol. The molecule has 0 spiro atoms. The van der Waals surface area contributed by atoms with Gasteiger partial charge in [0.15, 0.2) is 5.84 Å². The Morgan fingerprint density at radius 2 is 1.74 bits per heavy atom. The Kier molecular flexibility index (Phi) is 3.90. The highest BCUT2D eigenvalue weighted by Gasteiger charge is 2.11. The van der Waals surface area contributed by atoms with Crippen molar-refractivity contribution < 1.29 is 5.21 Å². The molecular weight excluding hydrogens is 238 g/mol. The summed E-state index contributed by atoms with van der Waals surface area (Å²) in [7, 11) is 0. The van der Waals surface area contributed by atoms with Gasteiger partial charge in [-0.25, -0.2) is 0 Å². The summed E-state index contributed by atoms with van der Waals surface area (Å²) >= 11 is 0. The van der Waals surface area contributed by atoms with E-state index in [-0.39, 0.29) is 5.84 Å². The molecule has 0 saturated heterocycles. The summed E-state index contributed by atoms with van der Waals surface area (Å²) in [5.74, 6) is 0.141. The molecule has 4 heteroatoms. The van der Waals surface area contributed by atoms with Crippen molar-refractivity contribution in [2.75, 3.05) is 18.0 Å². The summed E-state index contributed by atoms with van der Waals surface area (Å²) in [5, 5.41) is 14.1. The van der Waals surface area contributed by atoms with Gasteiger partial charge in [-0.3, -0.25) is 0 Å². The highest BCUT2D eigenvalue weighted by Crippen LogP contribution is 2.29. The van der Waals surface area contributed by atoms with Crippen molar-refractivity contribution in [3.05, 3.63) is 42.0 Å². The lowest BCUT2D eigenvalue weighted by Gasteiger charge is -2.23. The van der Waals surface area contributed by atoms with Gasteiger partial charge in [0, 0.05) is 29.7 Å². The maximum absolute atomic E-state index is 8.87. The molecule has 0 atom stereocenters. The van der Waals surface area contributed by atoms with Crippen LogP contribution in [0.5, 0.6) is 0 Å². The van der Waals surface area contributed by atoms with Gasteiger partial charge in [0.2, 0.25) is 0 Å². The van der Waals surface area contributed by atoms with E-state index in [1.165, 1.54) is 5.69 Å². The van der Waals surface area contributed by atoms with Crippen LogP contribution < -0.4 is 10.6 Å². The Bertz CT molecular complexity index is 603. The molecule has 2 rings (SSSR count). The zero-order valence-electron chi connectivity index (χ0n) is 11.3. The summed E-state index contributed by atoms with van der Waals surface area (Å²) in [6.45, 7) is 6.16. The van der Waals surface area contributed by atoms with E-state index in [1.54, 1.807) is 0 Å². The highest BCUT2D eigenvalue weighted by atomic mass is 16.4. The minimum absolute atomic E-state index is 0.141. The standard InChI is InChI=1S/C15H19N3O/c1-3-18(4-2)14-10-9-13(15(16)17-19)11-7-5-6-8-12(11)14/h5-10,19H,3-4H2,1-2H3,(H2,16,17). The predicted octanol–water partition coefficient (Wildman–Crippen LogP) is 2.78. The van der Waals surface area contributed by atoms with Gasteiger partial charge in [-0.05, 0) is 31.4 Å². The van der Waals surface area contributed by atoms with Crippen molar-refractivity contribution >= 4 is 22.3 Å². The lowest BCUT2D eigenvalue weighted by atomic mass is 10.0. The molecule has 100 valence electrons. The summed E-state index contributed by atoms with van der Waals surface area (Å²) in [4.78, 5) is 2.29. The largest absolute Gasteiger partial charge is 0.409 e. The second kappa shape index (κ2) is 5.61. The third-order valence-electron chi connectivity index (χ3n) is 3.39. The first-order valence-corrected chi connectivity index (χ1v) is 6.47. The fraction of sp³-hybridized carbons (Fsp3) is 0.267. The Hall–Kier alpha value is -2.23. The molecule has 0 unspecified atom stereocenters. The van der Waals surface area contributed by atoms with Crippen molar-refractivity contribution in [3.63, 3.8) is 0 Å². The minimum atomic E-state index is 0.141. The molecule has 2 aromatic rings. The molecule has 2 aromatic carbocycles. The molecule has 4 nitrogen and oxygen atoms in total. The van der Waals surface area contributed by atoms with E-state index in [0.29, 0.717) is 0 Å². The summed E-state index contributed by atoms with van der Waals surface area (Å²) in [5.41, 5.74) is 7.67. The van der Waals surface area contributed by atoms with Crippen molar-refractivity contribution in [3.8, 4) is 0 Å². The van der Waals surface area contributed by atoms with Gasteiger partial charge in [0.05, 0.1) is 0 Å². The first-order chi connectivity index (χ1) is 9.22. The van der Waals surface area contributed by atoms with Crippen LogP contribution in [0.15, 0.2) is 41.6 Å². The molecule has 0 bridgehead atoms. The van der Waals surface area contributed by atoms with E-state index in [9.17, 15) is 0 Å². The van der Waals surface area contributed by atoms with Crippen LogP contribution in [0.4, 0.5) is 5.69 Å². The Morgan fingerprint density at radius 3 is 2.32 bits per heavy atom. The molecule has 0 heterocycles. The topological polar surface area (TPSA) is 61.8 Å². The first-order valence-electron chi connectivity index (χ1n) is 6.47. The first kappa shape index (κ1) is 13.2. The smallest absolute Gasteiger partial charge is 0.170 e. The molecule has 0 amide bonds. The molecule has 0 aliphatic carbocycles. The zero-order chi connectivity index (χ0) is 13.8. The fourth-order valence-electron chi connectivity index (χ4n) is 2.40. The third kappa shape index (κ3) is 2.34. The van der Waals surface area contributed by atoms with Crippen molar-refractivity contribution in [2.45, 2.75) is 13.8 Å². The summed E-state index contributed by atoms with van der Waals surface area (Å²) in [6, 6.07) is 12.0.